The maximum Gasteiger partial charge on any atom is 0.416 e. The molecule has 0 bridgehead atoms. The molecular weight excluding hydrogens is 593 g/mol. The lowest BCUT2D eigenvalue weighted by atomic mass is 9.93. The van der Waals surface area contributed by atoms with Crippen LogP contribution in [0.2, 0.25) is 0 Å². The van der Waals surface area contributed by atoms with Gasteiger partial charge in [-0.3, -0.25) is 0 Å². The molecule has 0 aliphatic heterocycles. The molecule has 36 heavy (non-hydrogen) atoms. The Hall–Kier alpha value is -3.29. The Kier molecular flexibility index (Phi) is 5.57. The summed E-state index contributed by atoms with van der Waals surface area (Å²) in [7, 11) is 0. The lowest BCUT2D eigenvalue weighted by Crippen LogP contribution is -2.04. The van der Waals surface area contributed by atoms with Gasteiger partial charge in [0.1, 0.15) is 0 Å². The van der Waals surface area contributed by atoms with E-state index in [-0.39, 0.29) is 0 Å². The van der Waals surface area contributed by atoms with Crippen molar-refractivity contribution in [3.63, 3.8) is 0 Å². The average Bonchev–Trinajstić information content (AvgIpc) is 3.42. The van der Waals surface area contributed by atoms with E-state index in [9.17, 15) is 13.2 Å². The van der Waals surface area contributed by atoms with Gasteiger partial charge in [-0.05, 0) is 53.6 Å². The Morgan fingerprint density at radius 3 is 1.61 bits per heavy atom. The second kappa shape index (κ2) is 8.68. The molecule has 4 aromatic carbocycles. The van der Waals surface area contributed by atoms with Crippen LogP contribution in [0, 0.1) is 0 Å². The molecule has 0 saturated heterocycles. The van der Waals surface area contributed by atoms with Crippen molar-refractivity contribution in [2.45, 2.75) is 6.18 Å². The molecule has 0 aliphatic rings. The first-order valence-electron chi connectivity index (χ1n) is 11.2. The summed E-state index contributed by atoms with van der Waals surface area (Å²) in [6.45, 7) is 0. The van der Waals surface area contributed by atoms with Crippen molar-refractivity contribution >= 4 is 53.7 Å². The topological polar surface area (TPSA) is 31.6 Å². The number of rotatable bonds is 3. The van der Waals surface area contributed by atoms with Gasteiger partial charge < -0.3 is 9.97 Å². The number of nitrogens with one attached hydrogen (secondary N) is 2. The first kappa shape index (κ1) is 23.1. The van der Waals surface area contributed by atoms with Gasteiger partial charge in [0.05, 0.1) is 17.0 Å². The summed E-state index contributed by atoms with van der Waals surface area (Å²) in [6.07, 6.45) is -4.43. The van der Waals surface area contributed by atoms with E-state index in [1.54, 1.807) is 6.07 Å². The van der Waals surface area contributed by atoms with Crippen LogP contribution in [0.1, 0.15) is 5.56 Å². The Morgan fingerprint density at radius 2 is 1.06 bits per heavy atom. The van der Waals surface area contributed by atoms with Gasteiger partial charge in [-0.25, -0.2) is 0 Å². The smallest absolute Gasteiger partial charge is 0.354 e. The number of aromatic nitrogens is 2. The summed E-state index contributed by atoms with van der Waals surface area (Å²) < 4.78 is 42.6. The van der Waals surface area contributed by atoms with Gasteiger partial charge in [0.2, 0.25) is 0 Å². The molecule has 7 heteroatoms. The molecule has 2 N–H and O–H groups in total. The normalized spacial score (nSPS) is 12.0. The van der Waals surface area contributed by atoms with Crippen molar-refractivity contribution in [2.75, 3.05) is 0 Å². The van der Waals surface area contributed by atoms with Gasteiger partial charge in [0, 0.05) is 41.9 Å². The Balaban J connectivity index is 1.73. The summed E-state index contributed by atoms with van der Waals surface area (Å²) in [6, 6.07) is 27.7. The van der Waals surface area contributed by atoms with E-state index in [0.29, 0.717) is 5.52 Å². The van der Waals surface area contributed by atoms with Crippen molar-refractivity contribution in [3.05, 3.63) is 106 Å². The highest BCUT2D eigenvalue weighted by atomic mass is 79.9. The maximum atomic E-state index is 13.6. The number of alkyl halides is 3. The third kappa shape index (κ3) is 3.96. The molecule has 0 saturated carbocycles. The molecule has 2 aromatic heterocycles. The number of hydrogen-bond acceptors (Lipinski definition) is 0. The lowest BCUT2D eigenvalue weighted by Gasteiger charge is -2.10. The number of fused-ring (bicyclic) bond motifs is 2. The maximum absolute atomic E-state index is 13.6. The summed E-state index contributed by atoms with van der Waals surface area (Å²) in [5.41, 5.74) is 6.03. The van der Waals surface area contributed by atoms with E-state index >= 15 is 0 Å². The predicted octanol–water partition coefficient (Wildman–Crippen LogP) is 10.2. The van der Waals surface area contributed by atoms with E-state index in [4.69, 9.17) is 0 Å². The Labute approximate surface area is 221 Å². The number of halogens is 5. The number of benzene rings is 4. The van der Waals surface area contributed by atoms with Gasteiger partial charge in [0.15, 0.2) is 0 Å². The van der Waals surface area contributed by atoms with Gasteiger partial charge in [-0.15, -0.1) is 0 Å². The first-order chi connectivity index (χ1) is 17.3. The molecule has 0 aliphatic carbocycles. The molecule has 0 spiro atoms. The number of hydrogen-bond donors (Lipinski definition) is 2. The summed E-state index contributed by atoms with van der Waals surface area (Å²) in [5, 5.41) is 1.72. The molecule has 6 aromatic rings. The molecule has 0 atom stereocenters. The average molecular weight is 610 g/mol. The van der Waals surface area contributed by atoms with Crippen LogP contribution in [-0.2, 0) is 6.18 Å². The van der Waals surface area contributed by atoms with Crippen molar-refractivity contribution in [2.24, 2.45) is 0 Å². The van der Waals surface area contributed by atoms with Crippen LogP contribution in [0.25, 0.3) is 55.4 Å². The van der Waals surface area contributed by atoms with E-state index < -0.39 is 11.7 Å². The van der Waals surface area contributed by atoms with Crippen LogP contribution >= 0.6 is 31.9 Å². The molecule has 0 fully saturated rings. The third-order valence-corrected chi connectivity index (χ3v) is 7.41. The van der Waals surface area contributed by atoms with Gasteiger partial charge >= 0.3 is 6.18 Å². The Bertz CT molecular complexity index is 1730. The second-order valence-electron chi connectivity index (χ2n) is 8.57. The molecule has 2 heterocycles. The van der Waals surface area contributed by atoms with E-state index in [1.165, 1.54) is 6.07 Å². The highest BCUT2D eigenvalue weighted by Gasteiger charge is 2.31. The SMILES string of the molecule is FC(F)(F)c1ccc2c(-c3c(-c4ccc(Br)cc4)[nH]c4ccccc34)c(-c3ccc(Br)cc3)[nH]c2c1. The van der Waals surface area contributed by atoms with Crippen LogP contribution in [0.15, 0.2) is 99.9 Å². The standard InChI is InChI=1S/C29H17Br2F3N2/c30-19-10-5-16(6-11-19)27-25(21-3-1-2-4-23(21)35-27)26-22-14-9-18(29(32,33)34)15-24(22)36-28(26)17-7-12-20(31)13-8-17/h1-15,35-36H. The van der Waals surface area contributed by atoms with E-state index in [2.05, 4.69) is 41.8 Å². The highest BCUT2D eigenvalue weighted by Crippen LogP contribution is 2.47. The molecule has 6 rings (SSSR count). The fraction of sp³-hybridized carbons (Fsp3) is 0.0345. The molecule has 0 radical (unpaired) electrons. The largest absolute Gasteiger partial charge is 0.416 e. The fourth-order valence-corrected chi connectivity index (χ4v) is 5.23. The third-order valence-electron chi connectivity index (χ3n) is 6.35. The minimum absolute atomic E-state index is 0.435. The number of aromatic amines is 2. The molecule has 0 amide bonds. The van der Waals surface area contributed by atoms with E-state index in [0.717, 1.165) is 64.9 Å². The minimum Gasteiger partial charge on any atom is -0.354 e. The van der Waals surface area contributed by atoms with E-state index in [1.807, 2.05) is 72.8 Å². The van der Waals surface area contributed by atoms with Crippen LogP contribution in [0.3, 0.4) is 0 Å². The minimum atomic E-state index is -4.43. The zero-order valence-corrected chi connectivity index (χ0v) is 21.7. The lowest BCUT2D eigenvalue weighted by molar-refractivity contribution is -0.137. The highest BCUT2D eigenvalue weighted by molar-refractivity contribution is 9.10. The summed E-state index contributed by atoms with van der Waals surface area (Å²) in [5.74, 6) is 0. The Morgan fingerprint density at radius 1 is 0.556 bits per heavy atom. The van der Waals surface area contributed by atoms with Gasteiger partial charge in [-0.2, -0.15) is 13.2 Å². The predicted molar refractivity (Wildman–Crippen MR) is 147 cm³/mol. The van der Waals surface area contributed by atoms with Crippen molar-refractivity contribution in [1.29, 1.82) is 0 Å². The van der Waals surface area contributed by atoms with Crippen LogP contribution in [0.4, 0.5) is 13.2 Å². The molecule has 2 nitrogen and oxygen atoms in total. The number of para-hydroxylation sites is 1. The van der Waals surface area contributed by atoms with Crippen LogP contribution in [-0.4, -0.2) is 9.97 Å². The quantitative estimate of drug-likeness (QED) is 0.200. The second-order valence-corrected chi connectivity index (χ2v) is 10.4. The molecule has 178 valence electrons. The first-order valence-corrected chi connectivity index (χ1v) is 12.7. The van der Waals surface area contributed by atoms with Crippen molar-refractivity contribution in [1.82, 2.24) is 9.97 Å². The van der Waals surface area contributed by atoms with Crippen molar-refractivity contribution in [3.8, 4) is 33.6 Å². The fourth-order valence-electron chi connectivity index (χ4n) is 4.70. The zero-order valence-electron chi connectivity index (χ0n) is 18.6. The zero-order chi connectivity index (χ0) is 25.0. The van der Waals surface area contributed by atoms with Crippen LogP contribution in [0.5, 0.6) is 0 Å². The van der Waals surface area contributed by atoms with Gasteiger partial charge in [0.25, 0.3) is 0 Å². The number of H-pyrrole nitrogens is 2. The van der Waals surface area contributed by atoms with Crippen molar-refractivity contribution < 1.29 is 13.2 Å². The molecular formula is C29H17Br2F3N2. The monoisotopic (exact) mass is 608 g/mol. The van der Waals surface area contributed by atoms with Crippen LogP contribution < -0.4 is 0 Å². The summed E-state index contributed by atoms with van der Waals surface area (Å²) >= 11 is 6.98. The van der Waals surface area contributed by atoms with Gasteiger partial charge in [-0.1, -0.05) is 80.4 Å². The summed E-state index contributed by atoms with van der Waals surface area (Å²) in [4.78, 5) is 6.88. The molecule has 0 unspecified atom stereocenters.